The monoisotopic (exact) mass is 479 g/mol. The molecule has 0 unspecified atom stereocenters. The molecule has 0 N–H and O–H groups in total. The summed E-state index contributed by atoms with van der Waals surface area (Å²) < 4.78 is 5.95. The molecule has 0 atom stereocenters. The minimum atomic E-state index is -0.826. The molecular weight excluding hydrogens is 454 g/mol. The van der Waals surface area contributed by atoms with Gasteiger partial charge in [0, 0.05) is 0 Å². The summed E-state index contributed by atoms with van der Waals surface area (Å²) in [6, 6.07) is 13.6. The second kappa shape index (κ2) is 9.21. The third-order valence-corrected chi connectivity index (χ3v) is 4.63. The molecule has 0 radical (unpaired) electrons. The van der Waals surface area contributed by atoms with Crippen LogP contribution in [-0.2, 0) is 26.3 Å². The zero-order valence-electron chi connectivity index (χ0n) is 17.1. The van der Waals surface area contributed by atoms with E-state index in [0.29, 0.717) is 0 Å². The van der Waals surface area contributed by atoms with Gasteiger partial charge in [0.25, 0.3) is 0 Å². The van der Waals surface area contributed by atoms with E-state index in [1.165, 1.54) is 44.2 Å². The van der Waals surface area contributed by atoms with E-state index in [-0.39, 0.29) is 5.41 Å². The maximum absolute atomic E-state index is 5.95. The molecule has 3 aromatic carbocycles. The molecule has 0 aliphatic rings. The number of benzene rings is 2. The van der Waals surface area contributed by atoms with Gasteiger partial charge in [0.05, 0.1) is 7.11 Å². The molecule has 0 fully saturated rings. The van der Waals surface area contributed by atoms with Gasteiger partial charge in [-0.1, -0.05) is 57.0 Å². The van der Waals surface area contributed by atoms with Gasteiger partial charge in [0.15, 0.2) is 0 Å². The van der Waals surface area contributed by atoms with Crippen LogP contribution in [0.4, 0.5) is 0 Å². The van der Waals surface area contributed by atoms with Crippen molar-refractivity contribution in [3.8, 4) is 16.9 Å². The Balaban J connectivity index is 0.000000817. The summed E-state index contributed by atoms with van der Waals surface area (Å²) in [4.78, 5) is 0. The van der Waals surface area contributed by atoms with Crippen LogP contribution in [0.2, 0.25) is 0 Å². The van der Waals surface area contributed by atoms with Crippen LogP contribution in [0.5, 0.6) is 5.75 Å². The van der Waals surface area contributed by atoms with Crippen LogP contribution in [0.15, 0.2) is 36.4 Å². The first-order valence-electron chi connectivity index (χ1n) is 8.95. The Kier molecular flexibility index (Phi) is 7.71. The first kappa shape index (κ1) is 22.6. The Bertz CT molecular complexity index is 915. The van der Waals surface area contributed by atoms with Crippen molar-refractivity contribution < 1.29 is 25.6 Å². The standard InChI is InChI=1S/C23H27O.2ClH.Zr/c1-14-8-15(2)11-18(10-14)21-19-12-16(3)9-17(19)13-20(22(21)24-7)23(4,5)6;;;/h8-13H,1-7H3;2*1H;/q-1;;;+2/p-2. The summed E-state index contributed by atoms with van der Waals surface area (Å²) in [7, 11) is 11.7. The zero-order chi connectivity index (χ0) is 20.4. The fourth-order valence-corrected chi connectivity index (χ4v) is 3.66. The molecule has 3 aromatic rings. The SMILES string of the molecule is COc1c(C(C)(C)C)cc2[cH-]c(C)cc2c1-c1cc(C)cc(C)c1.[Cl][Zr][Cl]. The van der Waals surface area contributed by atoms with E-state index < -0.39 is 20.8 Å². The molecule has 0 heterocycles. The van der Waals surface area contributed by atoms with Gasteiger partial charge in [-0.25, -0.2) is 0 Å². The van der Waals surface area contributed by atoms with Gasteiger partial charge in [0.1, 0.15) is 5.75 Å². The summed E-state index contributed by atoms with van der Waals surface area (Å²) in [6.45, 7) is 13.2. The molecule has 1 nitrogen and oxygen atoms in total. The summed E-state index contributed by atoms with van der Waals surface area (Å²) >= 11 is -0.826. The van der Waals surface area contributed by atoms with Crippen molar-refractivity contribution in [2.75, 3.05) is 7.11 Å². The van der Waals surface area contributed by atoms with Gasteiger partial charge < -0.3 is 4.74 Å². The Labute approximate surface area is 182 Å². The number of halogens is 2. The predicted molar refractivity (Wildman–Crippen MR) is 116 cm³/mol. The van der Waals surface area contributed by atoms with Crippen molar-refractivity contribution in [3.63, 3.8) is 0 Å². The maximum atomic E-state index is 5.95. The van der Waals surface area contributed by atoms with Crippen molar-refractivity contribution in [2.24, 2.45) is 0 Å². The van der Waals surface area contributed by atoms with E-state index in [2.05, 4.69) is 77.9 Å². The molecule has 4 heteroatoms. The average molecular weight is 482 g/mol. The number of ether oxygens (including phenoxy) is 1. The molecule has 144 valence electrons. The van der Waals surface area contributed by atoms with E-state index in [1.54, 1.807) is 7.11 Å². The quantitative estimate of drug-likeness (QED) is 0.339. The van der Waals surface area contributed by atoms with E-state index in [4.69, 9.17) is 21.8 Å². The van der Waals surface area contributed by atoms with E-state index >= 15 is 0 Å². The Morgan fingerprint density at radius 1 is 0.926 bits per heavy atom. The van der Waals surface area contributed by atoms with Crippen molar-refractivity contribution in [1.29, 1.82) is 0 Å². The number of hydrogen-bond acceptors (Lipinski definition) is 1. The molecule has 0 amide bonds. The normalized spacial score (nSPS) is 11.1. The third-order valence-electron chi connectivity index (χ3n) is 4.63. The van der Waals surface area contributed by atoms with Gasteiger partial charge >= 0.3 is 37.9 Å². The van der Waals surface area contributed by atoms with Gasteiger partial charge in [-0.05, 0) is 36.0 Å². The summed E-state index contributed by atoms with van der Waals surface area (Å²) in [6.07, 6.45) is 0. The number of fused-ring (bicyclic) bond motifs is 1. The molecule has 0 aromatic heterocycles. The fourth-order valence-electron chi connectivity index (χ4n) is 3.66. The second-order valence-corrected chi connectivity index (χ2v) is 11.8. The number of rotatable bonds is 2. The minimum absolute atomic E-state index is 0.0261. The zero-order valence-corrected chi connectivity index (χ0v) is 21.1. The molecule has 0 saturated carbocycles. The van der Waals surface area contributed by atoms with Crippen LogP contribution in [0.25, 0.3) is 21.9 Å². The predicted octanol–water partition coefficient (Wildman–Crippen LogP) is 7.83. The fraction of sp³-hybridized carbons (Fsp3) is 0.348. The van der Waals surface area contributed by atoms with Gasteiger partial charge in [-0.2, -0.15) is 6.07 Å². The molecule has 27 heavy (non-hydrogen) atoms. The average Bonchev–Trinajstić information content (AvgIpc) is 2.91. The van der Waals surface area contributed by atoms with Gasteiger partial charge in [-0.15, -0.1) is 28.5 Å². The van der Waals surface area contributed by atoms with Crippen LogP contribution >= 0.6 is 17.0 Å². The van der Waals surface area contributed by atoms with Crippen LogP contribution in [0, 0.1) is 20.8 Å². The van der Waals surface area contributed by atoms with Crippen LogP contribution in [0.3, 0.4) is 0 Å². The first-order valence-corrected chi connectivity index (χ1v) is 15.3. The Hall–Kier alpha value is -0.687. The molecule has 0 saturated heterocycles. The number of methoxy groups -OCH3 is 1. The molecular formula is C23H27Cl2OZr-. The summed E-state index contributed by atoms with van der Waals surface area (Å²) in [5.41, 5.74) is 7.61. The van der Waals surface area contributed by atoms with E-state index in [0.717, 1.165) is 5.75 Å². The third kappa shape index (κ3) is 5.23. The van der Waals surface area contributed by atoms with Crippen LogP contribution in [0.1, 0.15) is 43.0 Å². The molecule has 0 aliphatic carbocycles. The Morgan fingerprint density at radius 2 is 1.48 bits per heavy atom. The Morgan fingerprint density at radius 3 is 1.96 bits per heavy atom. The van der Waals surface area contributed by atoms with Crippen molar-refractivity contribution in [3.05, 3.63) is 58.7 Å². The molecule has 0 bridgehead atoms. The van der Waals surface area contributed by atoms with Gasteiger partial charge in [-0.3, -0.25) is 0 Å². The topological polar surface area (TPSA) is 9.23 Å². The number of hydrogen-bond donors (Lipinski definition) is 0. The number of aryl methyl sites for hydroxylation is 3. The van der Waals surface area contributed by atoms with Crippen molar-refractivity contribution in [1.82, 2.24) is 0 Å². The van der Waals surface area contributed by atoms with E-state index in [9.17, 15) is 0 Å². The van der Waals surface area contributed by atoms with Crippen LogP contribution < -0.4 is 4.74 Å². The van der Waals surface area contributed by atoms with Crippen LogP contribution in [-0.4, -0.2) is 7.11 Å². The van der Waals surface area contributed by atoms with Crippen molar-refractivity contribution >= 4 is 27.8 Å². The second-order valence-electron chi connectivity index (χ2n) is 8.07. The first-order chi connectivity index (χ1) is 12.6. The van der Waals surface area contributed by atoms with E-state index in [1.807, 2.05) is 0 Å². The molecule has 0 spiro atoms. The molecule has 0 aliphatic heterocycles. The summed E-state index contributed by atoms with van der Waals surface area (Å²) in [5, 5.41) is 2.58. The molecule has 3 rings (SSSR count). The van der Waals surface area contributed by atoms with Crippen molar-refractivity contribution in [2.45, 2.75) is 47.0 Å². The van der Waals surface area contributed by atoms with Gasteiger partial charge in [0.2, 0.25) is 0 Å². The summed E-state index contributed by atoms with van der Waals surface area (Å²) in [5.74, 6) is 1.01.